The Morgan fingerprint density at radius 1 is 1.25 bits per heavy atom. The van der Waals surface area contributed by atoms with Crippen molar-refractivity contribution < 1.29 is 4.52 Å². The molecule has 1 aliphatic heterocycles. The van der Waals surface area contributed by atoms with Gasteiger partial charge in [-0.25, -0.2) is 0 Å². The Kier molecular flexibility index (Phi) is 3.85. The third-order valence-electron chi connectivity index (χ3n) is 3.92. The van der Waals surface area contributed by atoms with Gasteiger partial charge < -0.3 is 10.3 Å². The molecule has 1 aliphatic rings. The second kappa shape index (κ2) is 5.77. The SMILES string of the molecule is Cc1ccc(-c2cc(CN3CCC(N)CC3)on2)cc1. The molecule has 0 unspecified atom stereocenters. The standard InChI is InChI=1S/C16H21N3O/c1-12-2-4-13(5-3-12)16-10-15(20-18-16)11-19-8-6-14(17)7-9-19/h2-5,10,14H,6-9,11,17H2,1H3. The van der Waals surface area contributed by atoms with Gasteiger partial charge in [0.15, 0.2) is 5.76 Å². The van der Waals surface area contributed by atoms with Gasteiger partial charge in [-0.15, -0.1) is 0 Å². The van der Waals surface area contributed by atoms with Gasteiger partial charge in [0, 0.05) is 30.8 Å². The van der Waals surface area contributed by atoms with Gasteiger partial charge in [-0.05, 0) is 19.8 Å². The van der Waals surface area contributed by atoms with Gasteiger partial charge in [0.25, 0.3) is 0 Å². The molecule has 1 aromatic heterocycles. The molecule has 1 saturated heterocycles. The highest BCUT2D eigenvalue weighted by molar-refractivity contribution is 5.59. The second-order valence-corrected chi connectivity index (χ2v) is 5.66. The Bertz CT molecular complexity index is 553. The first-order valence-corrected chi connectivity index (χ1v) is 7.21. The first-order chi connectivity index (χ1) is 9.70. The molecule has 0 atom stereocenters. The van der Waals surface area contributed by atoms with Crippen LogP contribution in [0.25, 0.3) is 11.3 Å². The molecule has 0 aliphatic carbocycles. The predicted octanol–water partition coefficient (Wildman–Crippen LogP) is 2.57. The number of nitrogens with zero attached hydrogens (tertiary/aromatic N) is 2. The number of benzene rings is 1. The third kappa shape index (κ3) is 3.08. The topological polar surface area (TPSA) is 55.3 Å². The maximum absolute atomic E-state index is 5.92. The van der Waals surface area contributed by atoms with Crippen molar-refractivity contribution in [3.05, 3.63) is 41.7 Å². The lowest BCUT2D eigenvalue weighted by molar-refractivity contribution is 0.185. The van der Waals surface area contributed by atoms with Crippen molar-refractivity contribution in [1.82, 2.24) is 10.1 Å². The van der Waals surface area contributed by atoms with Crippen molar-refractivity contribution in [2.75, 3.05) is 13.1 Å². The van der Waals surface area contributed by atoms with Crippen LogP contribution in [-0.2, 0) is 6.54 Å². The van der Waals surface area contributed by atoms with Crippen LogP contribution in [0.3, 0.4) is 0 Å². The predicted molar refractivity (Wildman–Crippen MR) is 79.2 cm³/mol. The van der Waals surface area contributed by atoms with Crippen LogP contribution < -0.4 is 5.73 Å². The minimum Gasteiger partial charge on any atom is -0.359 e. The van der Waals surface area contributed by atoms with Crippen LogP contribution in [-0.4, -0.2) is 29.2 Å². The van der Waals surface area contributed by atoms with Gasteiger partial charge in [0.05, 0.1) is 6.54 Å². The Labute approximate surface area is 119 Å². The summed E-state index contributed by atoms with van der Waals surface area (Å²) in [6.07, 6.45) is 2.14. The number of aromatic nitrogens is 1. The molecule has 0 bridgehead atoms. The molecule has 3 rings (SSSR count). The summed E-state index contributed by atoms with van der Waals surface area (Å²) in [6, 6.07) is 10.8. The van der Waals surface area contributed by atoms with Crippen LogP contribution in [0, 0.1) is 6.92 Å². The van der Waals surface area contributed by atoms with Crippen molar-refractivity contribution in [2.24, 2.45) is 5.73 Å². The number of hydrogen-bond acceptors (Lipinski definition) is 4. The zero-order valence-electron chi connectivity index (χ0n) is 11.9. The molecule has 0 radical (unpaired) electrons. The molecular weight excluding hydrogens is 250 g/mol. The highest BCUT2D eigenvalue weighted by Crippen LogP contribution is 2.21. The van der Waals surface area contributed by atoms with Gasteiger partial charge >= 0.3 is 0 Å². The van der Waals surface area contributed by atoms with E-state index in [-0.39, 0.29) is 0 Å². The first kappa shape index (κ1) is 13.3. The lowest BCUT2D eigenvalue weighted by atomic mass is 10.1. The van der Waals surface area contributed by atoms with Gasteiger partial charge in [-0.3, -0.25) is 4.90 Å². The minimum absolute atomic E-state index is 0.365. The van der Waals surface area contributed by atoms with E-state index in [4.69, 9.17) is 10.3 Å². The Hall–Kier alpha value is -1.65. The lowest BCUT2D eigenvalue weighted by Gasteiger charge is -2.28. The van der Waals surface area contributed by atoms with E-state index in [0.717, 1.165) is 49.5 Å². The van der Waals surface area contributed by atoms with E-state index in [1.807, 2.05) is 6.07 Å². The van der Waals surface area contributed by atoms with Gasteiger partial charge in [-0.2, -0.15) is 0 Å². The lowest BCUT2D eigenvalue weighted by Crippen LogP contribution is -2.39. The third-order valence-corrected chi connectivity index (χ3v) is 3.92. The molecule has 2 aromatic rings. The first-order valence-electron chi connectivity index (χ1n) is 7.21. The van der Waals surface area contributed by atoms with Crippen molar-refractivity contribution in [3.8, 4) is 11.3 Å². The van der Waals surface area contributed by atoms with Gasteiger partial charge in [0.2, 0.25) is 0 Å². The fourth-order valence-corrected chi connectivity index (χ4v) is 2.58. The number of aryl methyl sites for hydroxylation is 1. The van der Waals surface area contributed by atoms with E-state index in [2.05, 4.69) is 41.2 Å². The van der Waals surface area contributed by atoms with Crippen molar-refractivity contribution >= 4 is 0 Å². The van der Waals surface area contributed by atoms with Crippen LogP contribution in [0.1, 0.15) is 24.2 Å². The van der Waals surface area contributed by atoms with E-state index >= 15 is 0 Å². The summed E-state index contributed by atoms with van der Waals surface area (Å²) >= 11 is 0. The average Bonchev–Trinajstić information content (AvgIpc) is 2.91. The number of nitrogens with two attached hydrogens (primary N) is 1. The fraction of sp³-hybridized carbons (Fsp3) is 0.438. The maximum atomic E-state index is 5.92. The zero-order chi connectivity index (χ0) is 13.9. The van der Waals surface area contributed by atoms with Gasteiger partial charge in [-0.1, -0.05) is 35.0 Å². The molecule has 2 N–H and O–H groups in total. The van der Waals surface area contributed by atoms with E-state index in [1.165, 1.54) is 5.56 Å². The highest BCUT2D eigenvalue weighted by Gasteiger charge is 2.17. The van der Waals surface area contributed by atoms with Crippen LogP contribution in [0.4, 0.5) is 0 Å². The molecule has 20 heavy (non-hydrogen) atoms. The smallest absolute Gasteiger partial charge is 0.151 e. The van der Waals surface area contributed by atoms with Crippen molar-refractivity contribution in [1.29, 1.82) is 0 Å². The molecule has 1 fully saturated rings. The van der Waals surface area contributed by atoms with Crippen LogP contribution in [0.5, 0.6) is 0 Å². The summed E-state index contributed by atoms with van der Waals surface area (Å²) < 4.78 is 5.46. The molecule has 106 valence electrons. The number of likely N-dealkylation sites (tertiary alicyclic amines) is 1. The maximum Gasteiger partial charge on any atom is 0.151 e. The summed E-state index contributed by atoms with van der Waals surface area (Å²) in [6.45, 7) is 4.99. The summed E-state index contributed by atoms with van der Waals surface area (Å²) in [7, 11) is 0. The largest absolute Gasteiger partial charge is 0.359 e. The zero-order valence-corrected chi connectivity index (χ0v) is 11.9. The average molecular weight is 271 g/mol. The molecular formula is C16H21N3O. The normalized spacial score (nSPS) is 17.5. The summed E-state index contributed by atoms with van der Waals surface area (Å²) in [5, 5.41) is 4.17. The summed E-state index contributed by atoms with van der Waals surface area (Å²) in [4.78, 5) is 2.38. The molecule has 4 nitrogen and oxygen atoms in total. The molecule has 4 heteroatoms. The quantitative estimate of drug-likeness (QED) is 0.932. The number of piperidine rings is 1. The van der Waals surface area contributed by atoms with Crippen LogP contribution >= 0.6 is 0 Å². The van der Waals surface area contributed by atoms with Crippen LogP contribution in [0.15, 0.2) is 34.9 Å². The Morgan fingerprint density at radius 3 is 2.65 bits per heavy atom. The van der Waals surface area contributed by atoms with Gasteiger partial charge in [0.1, 0.15) is 5.69 Å². The molecule has 1 aromatic carbocycles. The Morgan fingerprint density at radius 2 is 1.95 bits per heavy atom. The van der Waals surface area contributed by atoms with E-state index in [1.54, 1.807) is 0 Å². The summed E-state index contributed by atoms with van der Waals surface area (Å²) in [5.74, 6) is 0.927. The number of hydrogen-bond donors (Lipinski definition) is 1. The van der Waals surface area contributed by atoms with Crippen molar-refractivity contribution in [3.63, 3.8) is 0 Å². The molecule has 0 saturated carbocycles. The second-order valence-electron chi connectivity index (χ2n) is 5.66. The molecule has 2 heterocycles. The summed E-state index contributed by atoms with van der Waals surface area (Å²) in [5.41, 5.74) is 9.19. The molecule has 0 spiro atoms. The monoisotopic (exact) mass is 271 g/mol. The number of rotatable bonds is 3. The fourth-order valence-electron chi connectivity index (χ4n) is 2.58. The Balaban J connectivity index is 1.66. The van der Waals surface area contributed by atoms with E-state index < -0.39 is 0 Å². The van der Waals surface area contributed by atoms with Crippen LogP contribution in [0.2, 0.25) is 0 Å². The van der Waals surface area contributed by atoms with E-state index in [0.29, 0.717) is 6.04 Å². The van der Waals surface area contributed by atoms with Crippen molar-refractivity contribution in [2.45, 2.75) is 32.4 Å². The molecule has 0 amide bonds. The highest BCUT2D eigenvalue weighted by atomic mass is 16.5. The van der Waals surface area contributed by atoms with E-state index in [9.17, 15) is 0 Å². The minimum atomic E-state index is 0.365.